The van der Waals surface area contributed by atoms with Crippen LogP contribution >= 0.6 is 11.6 Å². The maximum absolute atomic E-state index is 12.8. The predicted octanol–water partition coefficient (Wildman–Crippen LogP) is 4.38. The van der Waals surface area contributed by atoms with Crippen LogP contribution < -0.4 is 15.7 Å². The van der Waals surface area contributed by atoms with Crippen molar-refractivity contribution >= 4 is 44.0 Å². The Bertz CT molecular complexity index is 1160. The molecule has 1 heterocycles. The molecule has 0 aliphatic heterocycles. The molecule has 2 aromatic carbocycles. The van der Waals surface area contributed by atoms with Gasteiger partial charge in [0.25, 0.3) is 10.0 Å². The van der Waals surface area contributed by atoms with Crippen molar-refractivity contribution in [3.63, 3.8) is 0 Å². The number of aryl methyl sites for hydroxylation is 1. The first-order valence-electron chi connectivity index (χ1n) is 8.42. The van der Waals surface area contributed by atoms with E-state index in [1.807, 2.05) is 6.92 Å². The largest absolute Gasteiger partial charge is 0.421 e. The average molecular weight is 407 g/mol. The van der Waals surface area contributed by atoms with Crippen LogP contribution in [0.3, 0.4) is 0 Å². The molecule has 8 heteroatoms. The normalized spacial score (nSPS) is 11.5. The third kappa shape index (κ3) is 3.94. The third-order valence-electron chi connectivity index (χ3n) is 4.05. The van der Waals surface area contributed by atoms with E-state index in [2.05, 4.69) is 10.0 Å². The minimum Gasteiger partial charge on any atom is -0.421 e. The minimum absolute atomic E-state index is 0.0351. The molecule has 0 amide bonds. The van der Waals surface area contributed by atoms with Crippen molar-refractivity contribution in [1.82, 2.24) is 0 Å². The second-order valence-corrected chi connectivity index (χ2v) is 8.17. The van der Waals surface area contributed by atoms with Crippen LogP contribution in [0.5, 0.6) is 0 Å². The average Bonchev–Trinajstić information content (AvgIpc) is 2.63. The maximum atomic E-state index is 12.8. The van der Waals surface area contributed by atoms with Gasteiger partial charge in [-0.15, -0.1) is 0 Å². The molecule has 0 atom stereocenters. The summed E-state index contributed by atoms with van der Waals surface area (Å²) in [4.78, 5) is 12.5. The topological polar surface area (TPSA) is 88.4 Å². The molecule has 6 nitrogen and oxygen atoms in total. The van der Waals surface area contributed by atoms with E-state index in [0.29, 0.717) is 28.2 Å². The highest BCUT2D eigenvalue weighted by Crippen LogP contribution is 2.30. The van der Waals surface area contributed by atoms with Gasteiger partial charge in [-0.2, -0.15) is 0 Å². The molecule has 3 aromatic rings. The Morgan fingerprint density at radius 3 is 2.56 bits per heavy atom. The Labute approximate surface area is 162 Å². The van der Waals surface area contributed by atoms with Crippen LogP contribution in [-0.2, 0) is 10.0 Å². The molecule has 0 aliphatic carbocycles. The lowest BCUT2D eigenvalue weighted by atomic mass is 10.2. The van der Waals surface area contributed by atoms with Gasteiger partial charge < -0.3 is 9.73 Å². The zero-order valence-corrected chi connectivity index (χ0v) is 16.4. The highest BCUT2D eigenvalue weighted by atomic mass is 35.5. The van der Waals surface area contributed by atoms with Gasteiger partial charge in [-0.1, -0.05) is 36.7 Å². The number of hydrogen-bond acceptors (Lipinski definition) is 5. The number of anilines is 2. The van der Waals surface area contributed by atoms with E-state index >= 15 is 0 Å². The number of benzene rings is 2. The number of sulfonamides is 1. The highest BCUT2D eigenvalue weighted by Gasteiger charge is 2.22. The molecule has 0 aliphatic rings. The van der Waals surface area contributed by atoms with Crippen LogP contribution in [0.25, 0.3) is 11.0 Å². The van der Waals surface area contributed by atoms with E-state index in [4.69, 9.17) is 16.0 Å². The molecule has 142 valence electrons. The molecule has 0 spiro atoms. The summed E-state index contributed by atoms with van der Waals surface area (Å²) in [6, 6.07) is 11.3. The minimum atomic E-state index is -4.03. The van der Waals surface area contributed by atoms with E-state index < -0.39 is 15.6 Å². The number of hydrogen-bond donors (Lipinski definition) is 2. The Hall–Kier alpha value is -2.51. The molecule has 0 radical (unpaired) electrons. The molecular weight excluding hydrogens is 388 g/mol. The molecule has 0 saturated carbocycles. The molecule has 0 fully saturated rings. The first kappa shape index (κ1) is 19.3. The fraction of sp³-hybridized carbons (Fsp3) is 0.211. The fourth-order valence-corrected chi connectivity index (χ4v) is 3.95. The number of halogens is 1. The summed E-state index contributed by atoms with van der Waals surface area (Å²) in [7, 11) is -4.03. The maximum Gasteiger partial charge on any atom is 0.363 e. The summed E-state index contributed by atoms with van der Waals surface area (Å²) in [5.74, 6) is 0. The Morgan fingerprint density at radius 2 is 1.85 bits per heavy atom. The second kappa shape index (κ2) is 7.62. The first-order chi connectivity index (χ1) is 12.8. The van der Waals surface area contributed by atoms with Crippen molar-refractivity contribution in [2.45, 2.75) is 25.2 Å². The van der Waals surface area contributed by atoms with Gasteiger partial charge in [0.2, 0.25) is 0 Å². The van der Waals surface area contributed by atoms with Gasteiger partial charge in [0.1, 0.15) is 5.58 Å². The molecule has 3 rings (SSSR count). The molecule has 2 N–H and O–H groups in total. The van der Waals surface area contributed by atoms with E-state index in [1.54, 1.807) is 37.3 Å². The predicted molar refractivity (Wildman–Crippen MR) is 108 cm³/mol. The zero-order chi connectivity index (χ0) is 19.6. The lowest BCUT2D eigenvalue weighted by molar-refractivity contribution is 0.563. The van der Waals surface area contributed by atoms with E-state index in [1.165, 1.54) is 12.1 Å². The van der Waals surface area contributed by atoms with Gasteiger partial charge in [0.05, 0.1) is 10.6 Å². The molecule has 27 heavy (non-hydrogen) atoms. The van der Waals surface area contributed by atoms with E-state index in [-0.39, 0.29) is 10.6 Å². The summed E-state index contributed by atoms with van der Waals surface area (Å²) in [5.41, 5.74) is 0.604. The van der Waals surface area contributed by atoms with Crippen molar-refractivity contribution in [1.29, 1.82) is 0 Å². The quantitative estimate of drug-likeness (QED) is 0.593. The van der Waals surface area contributed by atoms with Crippen LogP contribution in [0.15, 0.2) is 56.6 Å². The lowest BCUT2D eigenvalue weighted by Gasteiger charge is -2.15. The van der Waals surface area contributed by atoms with E-state index in [9.17, 15) is 13.2 Å². The number of fused-ring (bicyclic) bond motifs is 1. The summed E-state index contributed by atoms with van der Waals surface area (Å²) in [6.07, 6.45) is 0.800. The summed E-state index contributed by atoms with van der Waals surface area (Å²) >= 11 is 6.05. The first-order valence-corrected chi connectivity index (χ1v) is 10.3. The lowest BCUT2D eigenvalue weighted by Crippen LogP contribution is -2.21. The molecule has 0 unspecified atom stereocenters. The van der Waals surface area contributed by atoms with Crippen molar-refractivity contribution in [3.8, 4) is 0 Å². The van der Waals surface area contributed by atoms with E-state index in [0.717, 1.165) is 12.0 Å². The molecule has 0 bridgehead atoms. The van der Waals surface area contributed by atoms with Crippen LogP contribution in [0.4, 0.5) is 11.4 Å². The van der Waals surface area contributed by atoms with Crippen molar-refractivity contribution in [2.24, 2.45) is 0 Å². The molecule has 1 aromatic heterocycles. The summed E-state index contributed by atoms with van der Waals surface area (Å²) < 4.78 is 33.3. The third-order valence-corrected chi connectivity index (χ3v) is 5.81. The van der Waals surface area contributed by atoms with Crippen LogP contribution in [0.1, 0.15) is 18.9 Å². The van der Waals surface area contributed by atoms with Gasteiger partial charge >= 0.3 is 5.63 Å². The highest BCUT2D eigenvalue weighted by molar-refractivity contribution is 7.92. The Balaban J connectivity index is 2.14. The fourth-order valence-electron chi connectivity index (χ4n) is 2.61. The van der Waals surface area contributed by atoms with Crippen LogP contribution in [0, 0.1) is 6.92 Å². The summed E-state index contributed by atoms with van der Waals surface area (Å²) in [5, 5.41) is 4.07. The second-order valence-electron chi connectivity index (χ2n) is 6.08. The Kier molecular flexibility index (Phi) is 5.43. The Morgan fingerprint density at radius 1 is 1.11 bits per heavy atom. The molecular formula is C19H19ClN2O4S. The van der Waals surface area contributed by atoms with Crippen molar-refractivity contribution in [3.05, 3.63) is 63.5 Å². The van der Waals surface area contributed by atoms with Crippen molar-refractivity contribution < 1.29 is 12.8 Å². The van der Waals surface area contributed by atoms with Gasteiger partial charge in [-0.25, -0.2) is 13.2 Å². The zero-order valence-electron chi connectivity index (χ0n) is 14.9. The monoisotopic (exact) mass is 406 g/mol. The SMILES string of the molecule is CCCNc1c(NS(=O)(=O)c2ccc(C)c(Cl)c2)c(=O)oc2ccccc12. The summed E-state index contributed by atoms with van der Waals surface area (Å²) in [6.45, 7) is 4.31. The van der Waals surface area contributed by atoms with Gasteiger partial charge in [0, 0.05) is 17.0 Å². The smallest absolute Gasteiger partial charge is 0.363 e. The standard InChI is InChI=1S/C19H19ClN2O4S/c1-3-10-21-17-14-6-4-5-7-16(14)26-19(23)18(17)22-27(24,25)13-9-8-12(2)15(20)11-13/h4-9,11,21-22H,3,10H2,1-2H3. The number of rotatable bonds is 6. The molecule has 0 saturated heterocycles. The van der Waals surface area contributed by atoms with Crippen LogP contribution in [0.2, 0.25) is 5.02 Å². The van der Waals surface area contributed by atoms with Gasteiger partial charge in [-0.05, 0) is 43.2 Å². The number of para-hydroxylation sites is 1. The van der Waals surface area contributed by atoms with Crippen LogP contribution in [-0.4, -0.2) is 15.0 Å². The van der Waals surface area contributed by atoms with Gasteiger partial charge in [0.15, 0.2) is 5.69 Å². The van der Waals surface area contributed by atoms with Crippen molar-refractivity contribution in [2.75, 3.05) is 16.6 Å². The van der Waals surface area contributed by atoms with Gasteiger partial charge in [-0.3, -0.25) is 4.72 Å². The number of nitrogens with one attached hydrogen (secondary N) is 2.